The molecule has 0 aliphatic heterocycles. The molecule has 0 fully saturated rings. The van der Waals surface area contributed by atoms with Crippen LogP contribution in [-0.2, 0) is 4.79 Å². The molecule has 1 N–H and O–H groups in total. The summed E-state index contributed by atoms with van der Waals surface area (Å²) < 4.78 is 5.33. The van der Waals surface area contributed by atoms with E-state index in [1.807, 2.05) is 0 Å². The molecule has 0 bridgehead atoms. The van der Waals surface area contributed by atoms with Crippen LogP contribution in [0, 0.1) is 10.1 Å². The topological polar surface area (TPSA) is 111 Å². The summed E-state index contributed by atoms with van der Waals surface area (Å²) in [6.07, 6.45) is 3.97. The number of amides is 1. The van der Waals surface area contributed by atoms with Crippen molar-refractivity contribution in [2.75, 3.05) is 0 Å². The standard InChI is InChI=1S/C23H16ClN3O5/c24-19-9-12-21(18(14-19)15-25-26-23(29)17-4-2-1-3-5-17)32-22(28)13-8-16-6-10-20(11-7-16)27(30)31/h1-15H,(H,26,29)/b13-8+,25-15+. The van der Waals surface area contributed by atoms with E-state index in [1.165, 1.54) is 54.8 Å². The molecule has 0 saturated carbocycles. The number of hydrogen-bond donors (Lipinski definition) is 1. The lowest BCUT2D eigenvalue weighted by molar-refractivity contribution is -0.384. The van der Waals surface area contributed by atoms with Crippen molar-refractivity contribution in [1.82, 2.24) is 5.43 Å². The average molecular weight is 450 g/mol. The zero-order chi connectivity index (χ0) is 22.9. The first-order chi connectivity index (χ1) is 15.4. The molecule has 9 heteroatoms. The summed E-state index contributed by atoms with van der Waals surface area (Å²) in [5, 5.41) is 15.0. The SMILES string of the molecule is O=C(/C=C/c1ccc([N+](=O)[O-])cc1)Oc1ccc(Cl)cc1/C=N/NC(=O)c1ccccc1. The molecule has 3 aromatic rings. The Morgan fingerprint density at radius 1 is 1.03 bits per heavy atom. The van der Waals surface area contributed by atoms with Crippen LogP contribution in [0.2, 0.25) is 5.02 Å². The zero-order valence-corrected chi connectivity index (χ0v) is 17.2. The number of benzene rings is 3. The van der Waals surface area contributed by atoms with Crippen molar-refractivity contribution < 1.29 is 19.2 Å². The third-order valence-corrected chi connectivity index (χ3v) is 4.34. The van der Waals surface area contributed by atoms with Gasteiger partial charge in [0.15, 0.2) is 0 Å². The maximum Gasteiger partial charge on any atom is 0.336 e. The van der Waals surface area contributed by atoms with Crippen molar-refractivity contribution in [1.29, 1.82) is 0 Å². The summed E-state index contributed by atoms with van der Waals surface area (Å²) >= 11 is 6.02. The summed E-state index contributed by atoms with van der Waals surface area (Å²) in [5.41, 5.74) is 3.76. The van der Waals surface area contributed by atoms with E-state index in [-0.39, 0.29) is 11.4 Å². The van der Waals surface area contributed by atoms with Crippen molar-refractivity contribution in [3.63, 3.8) is 0 Å². The first kappa shape index (κ1) is 22.4. The Labute approximate surface area is 187 Å². The number of hydrogen-bond acceptors (Lipinski definition) is 6. The predicted molar refractivity (Wildman–Crippen MR) is 121 cm³/mol. The van der Waals surface area contributed by atoms with Crippen LogP contribution in [0.4, 0.5) is 5.69 Å². The van der Waals surface area contributed by atoms with Crippen LogP contribution in [0.25, 0.3) is 6.08 Å². The van der Waals surface area contributed by atoms with E-state index in [4.69, 9.17) is 16.3 Å². The molecule has 8 nitrogen and oxygen atoms in total. The third-order valence-electron chi connectivity index (χ3n) is 4.10. The molecule has 0 atom stereocenters. The van der Waals surface area contributed by atoms with Gasteiger partial charge in [0.2, 0.25) is 0 Å². The molecule has 32 heavy (non-hydrogen) atoms. The normalized spacial score (nSPS) is 10.9. The molecule has 3 aromatic carbocycles. The number of nitrogens with zero attached hydrogens (tertiary/aromatic N) is 2. The molecule has 0 heterocycles. The largest absolute Gasteiger partial charge is 0.423 e. The summed E-state index contributed by atoms with van der Waals surface area (Å²) in [5.74, 6) is -0.882. The first-order valence-electron chi connectivity index (χ1n) is 9.25. The van der Waals surface area contributed by atoms with E-state index in [1.54, 1.807) is 36.4 Å². The highest BCUT2D eigenvalue weighted by Gasteiger charge is 2.08. The Hall–Kier alpha value is -4.30. The van der Waals surface area contributed by atoms with Gasteiger partial charge in [-0.15, -0.1) is 0 Å². The summed E-state index contributed by atoms with van der Waals surface area (Å²) in [6, 6.07) is 18.8. The smallest absolute Gasteiger partial charge is 0.336 e. The van der Waals surface area contributed by atoms with Crippen molar-refractivity contribution >= 4 is 41.5 Å². The number of nitrogens with one attached hydrogen (secondary N) is 1. The maximum absolute atomic E-state index is 12.2. The van der Waals surface area contributed by atoms with Crippen molar-refractivity contribution in [3.05, 3.63) is 111 Å². The van der Waals surface area contributed by atoms with Gasteiger partial charge in [-0.05, 0) is 54.1 Å². The number of carbonyl (C=O) groups is 2. The number of nitro benzene ring substituents is 1. The second-order valence-electron chi connectivity index (χ2n) is 6.35. The number of esters is 1. The molecule has 1 amide bonds. The van der Waals surface area contributed by atoms with Gasteiger partial charge in [0.05, 0.1) is 11.1 Å². The van der Waals surface area contributed by atoms with Crippen LogP contribution in [0.15, 0.2) is 84.0 Å². The van der Waals surface area contributed by atoms with Gasteiger partial charge < -0.3 is 4.74 Å². The lowest BCUT2D eigenvalue weighted by Crippen LogP contribution is -2.17. The molecule has 0 unspecified atom stereocenters. The number of carbonyl (C=O) groups excluding carboxylic acids is 2. The maximum atomic E-state index is 12.2. The fourth-order valence-corrected chi connectivity index (χ4v) is 2.72. The van der Waals surface area contributed by atoms with Crippen LogP contribution in [0.3, 0.4) is 0 Å². The molecule has 0 saturated heterocycles. The van der Waals surface area contributed by atoms with E-state index in [0.717, 1.165) is 0 Å². The summed E-state index contributed by atoms with van der Waals surface area (Å²) in [4.78, 5) is 34.4. The Morgan fingerprint density at radius 2 is 1.75 bits per heavy atom. The Balaban J connectivity index is 1.66. The lowest BCUT2D eigenvalue weighted by Gasteiger charge is -2.06. The highest BCUT2D eigenvalue weighted by molar-refractivity contribution is 6.31. The molecule has 0 spiro atoms. The number of ether oxygens (including phenoxy) is 1. The molecule has 3 rings (SSSR count). The second-order valence-corrected chi connectivity index (χ2v) is 6.79. The molecule has 0 aromatic heterocycles. The summed E-state index contributed by atoms with van der Waals surface area (Å²) in [7, 11) is 0. The van der Waals surface area contributed by atoms with Gasteiger partial charge in [-0.2, -0.15) is 5.10 Å². The lowest BCUT2D eigenvalue weighted by atomic mass is 10.2. The molecule has 0 aliphatic rings. The van der Waals surface area contributed by atoms with Crippen LogP contribution >= 0.6 is 11.6 Å². The Morgan fingerprint density at radius 3 is 2.44 bits per heavy atom. The molecular weight excluding hydrogens is 434 g/mol. The van der Waals surface area contributed by atoms with Crippen LogP contribution in [0.1, 0.15) is 21.5 Å². The minimum atomic E-state index is -0.673. The minimum Gasteiger partial charge on any atom is -0.423 e. The van der Waals surface area contributed by atoms with E-state index in [0.29, 0.717) is 21.7 Å². The Kier molecular flexibility index (Phi) is 7.45. The number of rotatable bonds is 7. The number of nitro groups is 1. The molecule has 160 valence electrons. The van der Waals surface area contributed by atoms with Crippen molar-refractivity contribution in [3.8, 4) is 5.75 Å². The highest BCUT2D eigenvalue weighted by atomic mass is 35.5. The predicted octanol–water partition coefficient (Wildman–Crippen LogP) is 4.63. The van der Waals surface area contributed by atoms with E-state index in [2.05, 4.69) is 10.5 Å². The van der Waals surface area contributed by atoms with Gasteiger partial charge in [0.1, 0.15) is 5.75 Å². The van der Waals surface area contributed by atoms with E-state index < -0.39 is 16.8 Å². The summed E-state index contributed by atoms with van der Waals surface area (Å²) in [6.45, 7) is 0. The third kappa shape index (κ3) is 6.35. The van der Waals surface area contributed by atoms with Gasteiger partial charge in [-0.25, -0.2) is 10.2 Å². The fraction of sp³-hybridized carbons (Fsp3) is 0. The second kappa shape index (κ2) is 10.6. The van der Waals surface area contributed by atoms with Gasteiger partial charge in [-0.3, -0.25) is 14.9 Å². The monoisotopic (exact) mass is 449 g/mol. The highest BCUT2D eigenvalue weighted by Crippen LogP contribution is 2.22. The number of halogens is 1. The number of non-ortho nitro benzene ring substituents is 1. The number of hydrazone groups is 1. The van der Waals surface area contributed by atoms with Crippen molar-refractivity contribution in [2.24, 2.45) is 5.10 Å². The molecule has 0 aliphatic carbocycles. The van der Waals surface area contributed by atoms with Gasteiger partial charge in [0, 0.05) is 34.4 Å². The van der Waals surface area contributed by atoms with Crippen molar-refractivity contribution in [2.45, 2.75) is 0 Å². The quantitative estimate of drug-likeness (QED) is 0.141. The molecule has 0 radical (unpaired) electrons. The first-order valence-corrected chi connectivity index (χ1v) is 9.62. The van der Waals surface area contributed by atoms with Crippen LogP contribution in [0.5, 0.6) is 5.75 Å². The fourth-order valence-electron chi connectivity index (χ4n) is 2.54. The average Bonchev–Trinajstić information content (AvgIpc) is 2.80. The van der Waals surface area contributed by atoms with Crippen LogP contribution in [-0.4, -0.2) is 23.0 Å². The molecular formula is C23H16ClN3O5. The van der Waals surface area contributed by atoms with E-state index >= 15 is 0 Å². The zero-order valence-electron chi connectivity index (χ0n) is 16.5. The van der Waals surface area contributed by atoms with Gasteiger partial charge >= 0.3 is 5.97 Å². The van der Waals surface area contributed by atoms with Crippen LogP contribution < -0.4 is 10.2 Å². The Bertz CT molecular complexity index is 1190. The van der Waals surface area contributed by atoms with Gasteiger partial charge in [-0.1, -0.05) is 29.8 Å². The van der Waals surface area contributed by atoms with Gasteiger partial charge in [0.25, 0.3) is 11.6 Å². The minimum absolute atomic E-state index is 0.0471. The van der Waals surface area contributed by atoms with E-state index in [9.17, 15) is 19.7 Å².